The Labute approximate surface area is 150 Å². The van der Waals surface area contributed by atoms with Crippen LogP contribution in [0.15, 0.2) is 59.5 Å². The van der Waals surface area contributed by atoms with Crippen molar-refractivity contribution >= 4 is 17.7 Å². The van der Waals surface area contributed by atoms with Gasteiger partial charge in [-0.1, -0.05) is 12.1 Å². The van der Waals surface area contributed by atoms with E-state index in [4.69, 9.17) is 9.47 Å². The molecule has 1 heterocycles. The van der Waals surface area contributed by atoms with E-state index in [1.165, 1.54) is 12.0 Å². The Morgan fingerprint density at radius 3 is 2.28 bits per heavy atom. The molecule has 3 aromatic rings. The predicted molar refractivity (Wildman–Crippen MR) is 98.7 cm³/mol. The van der Waals surface area contributed by atoms with E-state index in [0.717, 1.165) is 22.7 Å². The van der Waals surface area contributed by atoms with Crippen LogP contribution in [0.3, 0.4) is 0 Å². The number of hydrogen-bond acceptors (Lipinski definition) is 5. The maximum atomic E-state index is 11.9. The molecule has 5 nitrogen and oxygen atoms in total. The van der Waals surface area contributed by atoms with Gasteiger partial charge in [0, 0.05) is 10.5 Å². The first-order valence-corrected chi connectivity index (χ1v) is 8.86. The van der Waals surface area contributed by atoms with Crippen molar-refractivity contribution < 1.29 is 14.3 Å². The summed E-state index contributed by atoms with van der Waals surface area (Å²) in [5, 5.41) is 4.42. The molecule has 0 saturated carbocycles. The summed E-state index contributed by atoms with van der Waals surface area (Å²) in [5.41, 5.74) is 2.89. The van der Waals surface area contributed by atoms with Crippen LogP contribution < -0.4 is 4.74 Å². The van der Waals surface area contributed by atoms with E-state index in [9.17, 15) is 4.79 Å². The predicted octanol–water partition coefficient (Wildman–Crippen LogP) is 4.06. The fraction of sp³-hybridized carbons (Fsp3) is 0.158. The molecule has 0 unspecified atom stereocenters. The van der Waals surface area contributed by atoms with Crippen LogP contribution in [0.1, 0.15) is 10.5 Å². The van der Waals surface area contributed by atoms with Crippen LogP contribution in [0.5, 0.6) is 5.75 Å². The lowest BCUT2D eigenvalue weighted by Gasteiger charge is -2.09. The summed E-state index contributed by atoms with van der Waals surface area (Å²) in [6, 6.07) is 17.4. The minimum Gasteiger partial charge on any atom is -0.497 e. The molecule has 0 radical (unpaired) electrons. The molecule has 25 heavy (non-hydrogen) atoms. The van der Waals surface area contributed by atoms with E-state index >= 15 is 0 Å². The number of nitrogens with zero attached hydrogens (tertiary/aromatic N) is 2. The number of carbonyl (C=O) groups is 1. The van der Waals surface area contributed by atoms with Crippen molar-refractivity contribution in [3.05, 3.63) is 60.3 Å². The van der Waals surface area contributed by atoms with E-state index in [1.54, 1.807) is 29.6 Å². The van der Waals surface area contributed by atoms with Gasteiger partial charge in [0.05, 0.1) is 25.6 Å². The number of esters is 1. The molecule has 0 spiro atoms. The molecule has 1 aromatic heterocycles. The average molecular weight is 354 g/mol. The molecule has 0 aliphatic carbocycles. The van der Waals surface area contributed by atoms with E-state index in [-0.39, 0.29) is 5.69 Å². The first kappa shape index (κ1) is 17.1. The van der Waals surface area contributed by atoms with Gasteiger partial charge in [-0.05, 0) is 48.7 Å². The summed E-state index contributed by atoms with van der Waals surface area (Å²) in [5.74, 6) is 0.296. The van der Waals surface area contributed by atoms with Crippen molar-refractivity contribution in [1.29, 1.82) is 0 Å². The van der Waals surface area contributed by atoms with Gasteiger partial charge in [-0.3, -0.25) is 0 Å². The zero-order chi connectivity index (χ0) is 17.8. The third kappa shape index (κ3) is 3.53. The summed E-state index contributed by atoms with van der Waals surface area (Å²) in [4.78, 5) is 13.1. The van der Waals surface area contributed by atoms with Crippen LogP contribution in [0.4, 0.5) is 0 Å². The zero-order valence-electron chi connectivity index (χ0n) is 14.2. The topological polar surface area (TPSA) is 53.4 Å². The van der Waals surface area contributed by atoms with Crippen LogP contribution in [0, 0.1) is 0 Å². The Hall–Kier alpha value is -2.73. The number of carbonyl (C=O) groups excluding carboxylic acids is 1. The second-order valence-electron chi connectivity index (χ2n) is 5.24. The fourth-order valence-corrected chi connectivity index (χ4v) is 2.88. The third-order valence-corrected chi connectivity index (χ3v) is 4.55. The van der Waals surface area contributed by atoms with Gasteiger partial charge in [0.1, 0.15) is 5.75 Å². The molecule has 0 aliphatic rings. The summed E-state index contributed by atoms with van der Waals surface area (Å²) >= 11 is 1.68. The lowest BCUT2D eigenvalue weighted by molar-refractivity contribution is 0.0593. The number of ether oxygens (including phenoxy) is 2. The zero-order valence-corrected chi connectivity index (χ0v) is 15.0. The van der Waals surface area contributed by atoms with Crippen LogP contribution in [-0.2, 0) is 4.74 Å². The third-order valence-electron chi connectivity index (χ3n) is 3.81. The minimum absolute atomic E-state index is 0.266. The average Bonchev–Trinajstić information content (AvgIpc) is 3.13. The molecule has 0 amide bonds. The van der Waals surface area contributed by atoms with Gasteiger partial charge < -0.3 is 9.47 Å². The standard InChI is InChI=1S/C19H18N2O3S/c1-23-15-8-6-14(7-9-15)21-18(12-17(20-21)19(22)24-2)13-4-10-16(25-3)11-5-13/h4-12H,1-3H3. The van der Waals surface area contributed by atoms with Crippen LogP contribution in [-0.4, -0.2) is 36.2 Å². The smallest absolute Gasteiger partial charge is 0.358 e. The second kappa shape index (κ2) is 7.44. The Kier molecular flexibility index (Phi) is 5.09. The van der Waals surface area contributed by atoms with Crippen molar-refractivity contribution in [3.8, 4) is 22.7 Å². The van der Waals surface area contributed by atoms with Crippen LogP contribution in [0.25, 0.3) is 16.9 Å². The Morgan fingerprint density at radius 2 is 1.72 bits per heavy atom. The van der Waals surface area contributed by atoms with Crippen molar-refractivity contribution in [2.24, 2.45) is 0 Å². The summed E-state index contributed by atoms with van der Waals surface area (Å²) in [7, 11) is 2.97. The molecular weight excluding hydrogens is 336 g/mol. The normalized spacial score (nSPS) is 10.5. The maximum Gasteiger partial charge on any atom is 0.358 e. The highest BCUT2D eigenvalue weighted by molar-refractivity contribution is 7.98. The number of methoxy groups -OCH3 is 2. The quantitative estimate of drug-likeness (QED) is 0.511. The molecular formula is C19H18N2O3S. The molecule has 2 aromatic carbocycles. The number of benzene rings is 2. The lowest BCUT2D eigenvalue weighted by atomic mass is 10.1. The minimum atomic E-state index is -0.464. The Balaban J connectivity index is 2.10. The van der Waals surface area contributed by atoms with E-state index in [2.05, 4.69) is 5.10 Å². The van der Waals surface area contributed by atoms with E-state index in [1.807, 2.05) is 54.8 Å². The molecule has 0 atom stereocenters. The van der Waals surface area contributed by atoms with Gasteiger partial charge in [0.15, 0.2) is 5.69 Å². The number of thioether (sulfide) groups is 1. The van der Waals surface area contributed by atoms with Crippen molar-refractivity contribution in [1.82, 2.24) is 9.78 Å². The highest BCUT2D eigenvalue weighted by Gasteiger charge is 2.17. The number of hydrogen-bond donors (Lipinski definition) is 0. The lowest BCUT2D eigenvalue weighted by Crippen LogP contribution is -2.04. The van der Waals surface area contributed by atoms with Gasteiger partial charge in [-0.25, -0.2) is 9.48 Å². The monoisotopic (exact) mass is 354 g/mol. The van der Waals surface area contributed by atoms with Crippen LogP contribution >= 0.6 is 11.8 Å². The SMILES string of the molecule is COC(=O)c1cc(-c2ccc(SC)cc2)n(-c2ccc(OC)cc2)n1. The first-order chi connectivity index (χ1) is 12.2. The number of aromatic nitrogens is 2. The Bertz CT molecular complexity index is 806. The molecule has 6 heteroatoms. The fourth-order valence-electron chi connectivity index (χ4n) is 2.47. The highest BCUT2D eigenvalue weighted by Crippen LogP contribution is 2.27. The Morgan fingerprint density at radius 1 is 1.04 bits per heavy atom. The highest BCUT2D eigenvalue weighted by atomic mass is 32.2. The molecule has 0 N–H and O–H groups in total. The van der Waals surface area contributed by atoms with Gasteiger partial charge in [0.2, 0.25) is 0 Å². The molecule has 0 fully saturated rings. The summed E-state index contributed by atoms with van der Waals surface area (Å²) in [6.07, 6.45) is 2.03. The van der Waals surface area contributed by atoms with Gasteiger partial charge in [-0.15, -0.1) is 11.8 Å². The van der Waals surface area contributed by atoms with Gasteiger partial charge in [-0.2, -0.15) is 5.10 Å². The van der Waals surface area contributed by atoms with Gasteiger partial charge >= 0.3 is 5.97 Å². The summed E-state index contributed by atoms with van der Waals surface area (Å²) in [6.45, 7) is 0. The van der Waals surface area contributed by atoms with Gasteiger partial charge in [0.25, 0.3) is 0 Å². The summed E-state index contributed by atoms with van der Waals surface area (Å²) < 4.78 is 11.7. The second-order valence-corrected chi connectivity index (χ2v) is 6.12. The maximum absolute atomic E-state index is 11.9. The van der Waals surface area contributed by atoms with Crippen molar-refractivity contribution in [3.63, 3.8) is 0 Å². The van der Waals surface area contributed by atoms with E-state index in [0.29, 0.717) is 0 Å². The largest absolute Gasteiger partial charge is 0.497 e. The number of rotatable bonds is 5. The molecule has 0 saturated heterocycles. The molecule has 3 rings (SSSR count). The van der Waals surface area contributed by atoms with E-state index < -0.39 is 5.97 Å². The molecule has 0 aliphatic heterocycles. The van der Waals surface area contributed by atoms with Crippen molar-refractivity contribution in [2.75, 3.05) is 20.5 Å². The van der Waals surface area contributed by atoms with Crippen molar-refractivity contribution in [2.45, 2.75) is 4.90 Å². The molecule has 0 bridgehead atoms. The molecule has 128 valence electrons. The first-order valence-electron chi connectivity index (χ1n) is 7.63. The van der Waals surface area contributed by atoms with Crippen LogP contribution in [0.2, 0.25) is 0 Å².